The van der Waals surface area contributed by atoms with Crippen molar-refractivity contribution in [2.45, 2.75) is 46.0 Å². The Kier molecular flexibility index (Phi) is 8.69. The molecular formula is C11H17IO6. The molecule has 6 nitrogen and oxygen atoms in total. The number of alkyl halides is 1. The van der Waals surface area contributed by atoms with Gasteiger partial charge in [0.25, 0.3) is 6.29 Å². The third kappa shape index (κ3) is 8.26. The normalized spacial score (nSPS) is 11.8. The highest BCUT2D eigenvalue weighted by molar-refractivity contribution is 14.1. The fourth-order valence-corrected chi connectivity index (χ4v) is 1.69. The lowest BCUT2D eigenvalue weighted by Crippen LogP contribution is -2.37. The van der Waals surface area contributed by atoms with Gasteiger partial charge in [0.05, 0.1) is 0 Å². The first-order valence-electron chi connectivity index (χ1n) is 5.44. The van der Waals surface area contributed by atoms with Gasteiger partial charge in [-0.15, -0.1) is 0 Å². The third-order valence-electron chi connectivity index (χ3n) is 1.81. The van der Waals surface area contributed by atoms with Gasteiger partial charge in [0.1, 0.15) is 0 Å². The number of esters is 3. The van der Waals surface area contributed by atoms with Crippen molar-refractivity contribution in [3.63, 3.8) is 0 Å². The standard InChI is InChI=1S/C11H17IO6/c1-7(13)16-10(5-4-6-12)11(17-8(2)14)18-9(3)15/h10-11H,4-6H2,1-3H3. The van der Waals surface area contributed by atoms with Gasteiger partial charge >= 0.3 is 17.9 Å². The lowest BCUT2D eigenvalue weighted by atomic mass is 10.2. The average Bonchev–Trinajstić information content (AvgIpc) is 2.21. The molecule has 0 aliphatic carbocycles. The lowest BCUT2D eigenvalue weighted by molar-refractivity contribution is -0.212. The maximum Gasteiger partial charge on any atom is 0.305 e. The molecule has 0 aromatic heterocycles. The van der Waals surface area contributed by atoms with E-state index in [2.05, 4.69) is 22.6 Å². The number of carbonyl (C=O) groups excluding carboxylic acids is 3. The van der Waals surface area contributed by atoms with Gasteiger partial charge in [-0.3, -0.25) is 14.4 Å². The second kappa shape index (κ2) is 9.12. The van der Waals surface area contributed by atoms with Crippen molar-refractivity contribution in [2.24, 2.45) is 0 Å². The number of ether oxygens (including phenoxy) is 3. The molecule has 1 unspecified atom stereocenters. The SMILES string of the molecule is CC(=O)OC(CCCI)C(OC(C)=O)OC(C)=O. The van der Waals surface area contributed by atoms with Crippen molar-refractivity contribution in [1.82, 2.24) is 0 Å². The first-order valence-corrected chi connectivity index (χ1v) is 6.97. The molecule has 104 valence electrons. The van der Waals surface area contributed by atoms with Crippen LogP contribution in [0.25, 0.3) is 0 Å². The summed E-state index contributed by atoms with van der Waals surface area (Å²) in [6.45, 7) is 3.63. The zero-order chi connectivity index (χ0) is 14.1. The van der Waals surface area contributed by atoms with E-state index in [1.54, 1.807) is 0 Å². The second-order valence-corrected chi connectivity index (χ2v) is 4.65. The van der Waals surface area contributed by atoms with E-state index in [4.69, 9.17) is 14.2 Å². The number of hydrogen-bond donors (Lipinski definition) is 0. The molecule has 0 heterocycles. The Morgan fingerprint density at radius 2 is 1.39 bits per heavy atom. The minimum Gasteiger partial charge on any atom is -0.455 e. The maximum atomic E-state index is 11.0. The van der Waals surface area contributed by atoms with Gasteiger partial charge in [-0.25, -0.2) is 0 Å². The molecule has 7 heteroatoms. The summed E-state index contributed by atoms with van der Waals surface area (Å²) >= 11 is 2.17. The van der Waals surface area contributed by atoms with E-state index in [-0.39, 0.29) is 0 Å². The molecule has 0 saturated carbocycles. The van der Waals surface area contributed by atoms with Gasteiger partial charge in [-0.1, -0.05) is 22.6 Å². The van der Waals surface area contributed by atoms with Crippen LogP contribution in [-0.2, 0) is 28.6 Å². The average molecular weight is 372 g/mol. The van der Waals surface area contributed by atoms with Gasteiger partial charge in [0, 0.05) is 20.8 Å². The van der Waals surface area contributed by atoms with E-state index in [1.165, 1.54) is 20.8 Å². The highest BCUT2D eigenvalue weighted by atomic mass is 127. The van der Waals surface area contributed by atoms with Crippen molar-refractivity contribution in [3.05, 3.63) is 0 Å². The van der Waals surface area contributed by atoms with Crippen LogP contribution in [-0.4, -0.2) is 34.7 Å². The summed E-state index contributed by atoms with van der Waals surface area (Å²) in [5.41, 5.74) is 0. The quantitative estimate of drug-likeness (QED) is 0.292. The first-order chi connectivity index (χ1) is 8.36. The van der Waals surface area contributed by atoms with Crippen molar-refractivity contribution in [3.8, 4) is 0 Å². The first kappa shape index (κ1) is 17.1. The van der Waals surface area contributed by atoms with Crippen LogP contribution in [0.1, 0.15) is 33.6 Å². The number of halogens is 1. The molecule has 0 fully saturated rings. The van der Waals surface area contributed by atoms with Crippen LogP contribution in [0, 0.1) is 0 Å². The van der Waals surface area contributed by atoms with Crippen LogP contribution < -0.4 is 0 Å². The summed E-state index contributed by atoms with van der Waals surface area (Å²) in [6.07, 6.45) is -0.762. The van der Waals surface area contributed by atoms with Gasteiger partial charge in [0.2, 0.25) is 0 Å². The Morgan fingerprint density at radius 1 is 0.944 bits per heavy atom. The van der Waals surface area contributed by atoms with Gasteiger partial charge in [-0.05, 0) is 17.3 Å². The molecule has 18 heavy (non-hydrogen) atoms. The predicted molar refractivity (Wildman–Crippen MR) is 71.0 cm³/mol. The molecule has 0 radical (unpaired) electrons. The van der Waals surface area contributed by atoms with Crippen molar-refractivity contribution in [2.75, 3.05) is 4.43 Å². The Hall–Kier alpha value is -0.860. The number of rotatable bonds is 7. The summed E-state index contributed by atoms with van der Waals surface area (Å²) in [5.74, 6) is -1.72. The van der Waals surface area contributed by atoms with E-state index in [0.29, 0.717) is 6.42 Å². The Labute approximate surface area is 119 Å². The summed E-state index contributed by atoms with van der Waals surface area (Å²) in [4.78, 5) is 32.9. The molecule has 0 aliphatic rings. The molecule has 0 bridgehead atoms. The molecule has 0 saturated heterocycles. The van der Waals surface area contributed by atoms with E-state index in [0.717, 1.165) is 10.8 Å². The van der Waals surface area contributed by atoms with Crippen LogP contribution in [0.2, 0.25) is 0 Å². The van der Waals surface area contributed by atoms with Crippen LogP contribution in [0.15, 0.2) is 0 Å². The van der Waals surface area contributed by atoms with Gasteiger partial charge < -0.3 is 14.2 Å². The predicted octanol–water partition coefficient (Wildman–Crippen LogP) is 1.59. The zero-order valence-electron chi connectivity index (χ0n) is 10.6. The second-order valence-electron chi connectivity index (χ2n) is 3.57. The van der Waals surface area contributed by atoms with E-state index >= 15 is 0 Å². The van der Waals surface area contributed by atoms with Gasteiger partial charge in [-0.2, -0.15) is 0 Å². The molecular weight excluding hydrogens is 355 g/mol. The maximum absolute atomic E-state index is 11.0. The molecule has 0 rings (SSSR count). The lowest BCUT2D eigenvalue weighted by Gasteiger charge is -2.25. The molecule has 0 spiro atoms. The molecule has 0 aromatic rings. The highest BCUT2D eigenvalue weighted by Crippen LogP contribution is 2.14. The fourth-order valence-electron chi connectivity index (χ4n) is 1.25. The molecule has 0 aliphatic heterocycles. The Balaban J connectivity index is 4.73. The summed E-state index contributed by atoms with van der Waals surface area (Å²) in [6, 6.07) is 0. The van der Waals surface area contributed by atoms with Crippen LogP contribution in [0.4, 0.5) is 0 Å². The minimum atomic E-state index is -1.19. The molecule has 0 N–H and O–H groups in total. The smallest absolute Gasteiger partial charge is 0.305 e. The van der Waals surface area contributed by atoms with E-state index in [1.807, 2.05) is 0 Å². The minimum absolute atomic E-state index is 0.452. The Morgan fingerprint density at radius 3 is 1.72 bits per heavy atom. The van der Waals surface area contributed by atoms with Crippen LogP contribution >= 0.6 is 22.6 Å². The van der Waals surface area contributed by atoms with E-state index in [9.17, 15) is 14.4 Å². The molecule has 0 amide bonds. The van der Waals surface area contributed by atoms with E-state index < -0.39 is 30.3 Å². The summed E-state index contributed by atoms with van der Waals surface area (Å²) < 4.78 is 15.6. The topological polar surface area (TPSA) is 78.9 Å². The monoisotopic (exact) mass is 372 g/mol. The fraction of sp³-hybridized carbons (Fsp3) is 0.727. The van der Waals surface area contributed by atoms with Crippen molar-refractivity contribution in [1.29, 1.82) is 0 Å². The van der Waals surface area contributed by atoms with Crippen LogP contribution in [0.3, 0.4) is 0 Å². The highest BCUT2D eigenvalue weighted by Gasteiger charge is 2.29. The van der Waals surface area contributed by atoms with Crippen LogP contribution in [0.5, 0.6) is 0 Å². The largest absolute Gasteiger partial charge is 0.455 e. The summed E-state index contributed by atoms with van der Waals surface area (Å²) in [7, 11) is 0. The number of carbonyl (C=O) groups is 3. The zero-order valence-corrected chi connectivity index (χ0v) is 12.8. The third-order valence-corrected chi connectivity index (χ3v) is 2.57. The molecule has 1 atom stereocenters. The van der Waals surface area contributed by atoms with Gasteiger partial charge in [0.15, 0.2) is 6.10 Å². The molecule has 0 aromatic carbocycles. The Bertz CT molecular complexity index is 288. The summed E-state index contributed by atoms with van der Waals surface area (Å²) in [5, 5.41) is 0. The van der Waals surface area contributed by atoms with Crippen molar-refractivity contribution < 1.29 is 28.6 Å². The van der Waals surface area contributed by atoms with Crippen molar-refractivity contribution >= 4 is 40.5 Å². The number of hydrogen-bond acceptors (Lipinski definition) is 6.